The van der Waals surface area contributed by atoms with Crippen molar-refractivity contribution in [2.45, 2.75) is 70.1 Å². The first-order valence-electron chi connectivity index (χ1n) is 14.4. The molecule has 0 aliphatic heterocycles. The van der Waals surface area contributed by atoms with E-state index in [1.54, 1.807) is 35.2 Å². The van der Waals surface area contributed by atoms with Gasteiger partial charge < -0.3 is 19.9 Å². The van der Waals surface area contributed by atoms with E-state index in [1.807, 2.05) is 49.4 Å². The van der Waals surface area contributed by atoms with Gasteiger partial charge >= 0.3 is 0 Å². The monoisotopic (exact) mass is 606 g/mol. The number of rotatable bonds is 13. The number of carbonyl (C=O) groups is 1. The van der Waals surface area contributed by atoms with Crippen molar-refractivity contribution >= 4 is 44.9 Å². The Morgan fingerprint density at radius 1 is 0.976 bits per heavy atom. The van der Waals surface area contributed by atoms with Crippen molar-refractivity contribution in [1.29, 1.82) is 0 Å². The van der Waals surface area contributed by atoms with E-state index >= 15 is 0 Å². The third kappa shape index (κ3) is 10.4. The molecule has 3 aromatic carbocycles. The minimum absolute atomic E-state index is 0.00805. The number of carbonyl (C=O) groups excluding carboxylic acids is 1. The van der Waals surface area contributed by atoms with Crippen molar-refractivity contribution in [3.05, 3.63) is 90.2 Å². The molecule has 2 N–H and O–H groups in total. The average Bonchev–Trinajstić information content (AvgIpc) is 3.42. The van der Waals surface area contributed by atoms with E-state index in [2.05, 4.69) is 56.7 Å². The fraction of sp³-hybridized carbons (Fsp3) is 0.353. The van der Waals surface area contributed by atoms with Gasteiger partial charge in [0.15, 0.2) is 4.34 Å². The molecule has 8 heteroatoms. The SMILES string of the molecule is C=C(CSc1nc2cc(NC(=O)CC)ccc2s1)OCOc1ccc(C(C)CC)cc1.CCC(C)c1ccc(O)cc1. The number of phenolic OH excluding ortho intramolecular Hbond substituents is 1. The van der Waals surface area contributed by atoms with Crippen LogP contribution in [-0.4, -0.2) is 28.5 Å². The van der Waals surface area contributed by atoms with Crippen molar-refractivity contribution in [2.24, 2.45) is 0 Å². The summed E-state index contributed by atoms with van der Waals surface area (Å²) >= 11 is 3.18. The Bertz CT molecular complexity index is 1420. The Kier molecular flexibility index (Phi) is 13.2. The second-order valence-electron chi connectivity index (χ2n) is 10.1. The van der Waals surface area contributed by atoms with Gasteiger partial charge in [-0.1, -0.05) is 77.2 Å². The number of hydrogen-bond acceptors (Lipinski definition) is 7. The van der Waals surface area contributed by atoms with Gasteiger partial charge in [-0.05, 0) is 78.3 Å². The van der Waals surface area contributed by atoms with Gasteiger partial charge in [0.05, 0.1) is 16.0 Å². The van der Waals surface area contributed by atoms with Gasteiger partial charge in [0.2, 0.25) is 12.7 Å². The summed E-state index contributed by atoms with van der Waals surface area (Å²) in [6.45, 7) is 14.7. The van der Waals surface area contributed by atoms with Gasteiger partial charge in [0, 0.05) is 12.1 Å². The van der Waals surface area contributed by atoms with E-state index in [-0.39, 0.29) is 12.7 Å². The standard InChI is InChI=1S/C24H28N2O3S2.C10H14O/c1-5-16(3)18-7-10-20(11-8-18)29-15-28-17(4)14-30-24-26-21-13-19(25-23(27)6-2)9-12-22(21)31-24;1-3-8(2)9-4-6-10(11)7-5-9/h7-13,16H,4-6,14-15H2,1-3H3,(H,25,27);4-8,11H,3H2,1-2H3. The molecule has 42 heavy (non-hydrogen) atoms. The molecule has 0 saturated carbocycles. The zero-order valence-corrected chi connectivity index (χ0v) is 26.8. The largest absolute Gasteiger partial charge is 0.508 e. The molecule has 224 valence electrons. The molecule has 1 amide bonds. The lowest BCUT2D eigenvalue weighted by Gasteiger charge is -2.12. The van der Waals surface area contributed by atoms with Crippen molar-refractivity contribution in [1.82, 2.24) is 4.98 Å². The summed E-state index contributed by atoms with van der Waals surface area (Å²) in [4.78, 5) is 16.2. The van der Waals surface area contributed by atoms with Crippen LogP contribution in [0.5, 0.6) is 11.5 Å². The highest BCUT2D eigenvalue weighted by atomic mass is 32.2. The Morgan fingerprint density at radius 2 is 1.60 bits per heavy atom. The van der Waals surface area contributed by atoms with Crippen LogP contribution in [0.3, 0.4) is 0 Å². The molecule has 1 aromatic heterocycles. The quantitative estimate of drug-likeness (QED) is 0.0896. The predicted octanol–water partition coefficient (Wildman–Crippen LogP) is 9.72. The minimum atomic E-state index is -0.00805. The Balaban J connectivity index is 0.000000369. The van der Waals surface area contributed by atoms with Crippen molar-refractivity contribution in [2.75, 3.05) is 17.9 Å². The number of anilines is 1. The lowest BCUT2D eigenvalue weighted by atomic mass is 9.99. The molecule has 0 bridgehead atoms. The number of aromatic nitrogens is 1. The first-order valence-corrected chi connectivity index (χ1v) is 16.2. The second-order valence-corrected chi connectivity index (χ2v) is 12.3. The summed E-state index contributed by atoms with van der Waals surface area (Å²) in [6.07, 6.45) is 2.71. The van der Waals surface area contributed by atoms with Crippen LogP contribution in [0, 0.1) is 0 Å². The van der Waals surface area contributed by atoms with E-state index < -0.39 is 0 Å². The number of hydrogen-bond donors (Lipinski definition) is 2. The molecule has 4 aromatic rings. The third-order valence-corrected chi connectivity index (χ3v) is 9.19. The van der Waals surface area contributed by atoms with Crippen LogP contribution in [0.2, 0.25) is 0 Å². The smallest absolute Gasteiger partial charge is 0.230 e. The van der Waals surface area contributed by atoms with E-state index in [1.165, 1.54) is 11.1 Å². The summed E-state index contributed by atoms with van der Waals surface area (Å²) in [5.41, 5.74) is 4.25. The van der Waals surface area contributed by atoms with Crippen LogP contribution in [0.15, 0.2) is 83.4 Å². The summed E-state index contributed by atoms with van der Waals surface area (Å²) in [5, 5.41) is 11.9. The number of fused-ring (bicyclic) bond motifs is 1. The van der Waals surface area contributed by atoms with Crippen molar-refractivity contribution < 1.29 is 19.4 Å². The normalized spacial score (nSPS) is 12.1. The predicted molar refractivity (Wildman–Crippen MR) is 177 cm³/mol. The van der Waals surface area contributed by atoms with Gasteiger partial charge in [-0.3, -0.25) is 4.79 Å². The highest BCUT2D eigenvalue weighted by molar-refractivity contribution is 8.01. The van der Waals surface area contributed by atoms with Crippen LogP contribution < -0.4 is 10.1 Å². The van der Waals surface area contributed by atoms with Crippen LogP contribution in [0.4, 0.5) is 5.69 Å². The second kappa shape index (κ2) is 16.8. The van der Waals surface area contributed by atoms with E-state index in [0.29, 0.717) is 35.5 Å². The molecular formula is C34H42N2O4S2. The number of thiazole rings is 1. The average molecular weight is 607 g/mol. The Labute approximate surface area is 258 Å². The summed E-state index contributed by atoms with van der Waals surface area (Å²) in [6, 6.07) is 21.3. The zero-order chi connectivity index (χ0) is 30.5. The molecule has 2 atom stereocenters. The van der Waals surface area contributed by atoms with Gasteiger partial charge in [-0.25, -0.2) is 4.98 Å². The maximum absolute atomic E-state index is 11.6. The lowest BCUT2D eigenvalue weighted by Crippen LogP contribution is -2.08. The fourth-order valence-corrected chi connectivity index (χ4v) is 5.72. The first kappa shape index (κ1) is 33.0. The van der Waals surface area contributed by atoms with Gasteiger partial charge in [-0.15, -0.1) is 11.3 Å². The molecule has 4 rings (SSSR count). The maximum Gasteiger partial charge on any atom is 0.230 e. The van der Waals surface area contributed by atoms with Gasteiger partial charge in [-0.2, -0.15) is 0 Å². The summed E-state index contributed by atoms with van der Waals surface area (Å²) < 4.78 is 13.3. The van der Waals surface area contributed by atoms with Crippen LogP contribution in [0.1, 0.15) is 76.8 Å². The molecular weight excluding hydrogens is 565 g/mol. The number of nitrogens with zero attached hydrogens (tertiary/aromatic N) is 1. The maximum atomic E-state index is 11.6. The summed E-state index contributed by atoms with van der Waals surface area (Å²) in [7, 11) is 0. The van der Waals surface area contributed by atoms with Crippen molar-refractivity contribution in [3.63, 3.8) is 0 Å². The molecule has 0 spiro atoms. The third-order valence-electron chi connectivity index (χ3n) is 6.95. The molecule has 0 saturated heterocycles. The molecule has 2 unspecified atom stereocenters. The van der Waals surface area contributed by atoms with Crippen LogP contribution in [-0.2, 0) is 9.53 Å². The van der Waals surface area contributed by atoms with E-state index in [9.17, 15) is 4.79 Å². The number of ether oxygens (including phenoxy) is 2. The van der Waals surface area contributed by atoms with E-state index in [0.717, 1.165) is 38.8 Å². The van der Waals surface area contributed by atoms with Crippen LogP contribution in [0.25, 0.3) is 10.2 Å². The number of thioether (sulfide) groups is 1. The molecule has 0 fully saturated rings. The molecule has 0 aliphatic rings. The highest BCUT2D eigenvalue weighted by Crippen LogP contribution is 2.32. The molecule has 0 aliphatic carbocycles. The van der Waals surface area contributed by atoms with Gasteiger partial charge in [0.1, 0.15) is 17.3 Å². The molecule has 6 nitrogen and oxygen atoms in total. The fourth-order valence-electron chi connectivity index (χ4n) is 3.83. The van der Waals surface area contributed by atoms with Crippen LogP contribution >= 0.6 is 23.1 Å². The van der Waals surface area contributed by atoms with Crippen molar-refractivity contribution in [3.8, 4) is 11.5 Å². The number of benzene rings is 3. The molecule has 1 heterocycles. The number of nitrogens with one attached hydrogen (secondary N) is 1. The molecule has 0 radical (unpaired) electrons. The highest BCUT2D eigenvalue weighted by Gasteiger charge is 2.09. The number of phenols is 1. The van der Waals surface area contributed by atoms with E-state index in [4.69, 9.17) is 14.6 Å². The first-order chi connectivity index (χ1) is 20.2. The topological polar surface area (TPSA) is 80.7 Å². The minimum Gasteiger partial charge on any atom is -0.508 e. The Morgan fingerprint density at radius 3 is 2.19 bits per heavy atom. The Hall–Kier alpha value is -3.49. The summed E-state index contributed by atoms with van der Waals surface area (Å²) in [5.74, 6) is 3.49. The van der Waals surface area contributed by atoms with Gasteiger partial charge in [0.25, 0.3) is 0 Å². The number of aromatic hydroxyl groups is 1. The number of amides is 1. The zero-order valence-electron chi connectivity index (χ0n) is 25.2. The lowest BCUT2D eigenvalue weighted by molar-refractivity contribution is -0.115.